The predicted molar refractivity (Wildman–Crippen MR) is 387 cm³/mol. The molecular weight excluding hydrogens is 1510 g/mol. The van der Waals surface area contributed by atoms with Crippen molar-refractivity contribution in [2.45, 2.75) is 109 Å². The molecule has 0 spiro atoms. The van der Waals surface area contributed by atoms with Crippen LogP contribution in [0.1, 0.15) is 132 Å². The van der Waals surface area contributed by atoms with Gasteiger partial charge in [0.1, 0.15) is 54.2 Å². The lowest BCUT2D eigenvalue weighted by Crippen LogP contribution is -2.35. The summed E-state index contributed by atoms with van der Waals surface area (Å²) < 4.78 is 134. The molecule has 10 rings (SSSR count). The van der Waals surface area contributed by atoms with Crippen LogP contribution in [-0.2, 0) is 60.7 Å². The van der Waals surface area contributed by atoms with Gasteiger partial charge in [0.25, 0.3) is 22.0 Å². The first kappa shape index (κ1) is 81.8. The van der Waals surface area contributed by atoms with Gasteiger partial charge in [-0.05, 0) is 122 Å². The van der Waals surface area contributed by atoms with Crippen LogP contribution in [0.25, 0.3) is 48.6 Å². The number of nitrogens with zero attached hydrogens (tertiary/aromatic N) is 9. The number of aromatic carboxylic acids is 1. The molecule has 42 heteroatoms. The third-order valence-corrected chi connectivity index (χ3v) is 21.2. The molecule has 2 amide bonds. The fourth-order valence-corrected chi connectivity index (χ4v) is 16.1. The maximum absolute atomic E-state index is 15.1. The number of halogens is 1. The Kier molecular flexibility index (Phi) is 24.9. The van der Waals surface area contributed by atoms with Gasteiger partial charge in [0.05, 0.1) is 65.4 Å². The average Bonchev–Trinajstić information content (AvgIpc) is 1.37. The second-order valence-corrected chi connectivity index (χ2v) is 32.0. The first-order chi connectivity index (χ1) is 51.2. The Bertz CT molecular complexity index is 5300. The minimum absolute atomic E-state index is 0.0401. The number of phosphoric ester groups is 1. The van der Waals surface area contributed by atoms with Gasteiger partial charge in [-0.2, -0.15) is 17.0 Å². The lowest BCUT2D eigenvalue weighted by atomic mass is 9.83. The Morgan fingerprint density at radius 3 is 2.41 bits per heavy atom. The lowest BCUT2D eigenvalue weighted by Gasteiger charge is -2.34. The van der Waals surface area contributed by atoms with Gasteiger partial charge in [-0.15, -0.1) is 0 Å². The van der Waals surface area contributed by atoms with Crippen LogP contribution in [0.5, 0.6) is 17.2 Å². The molecule has 11 N–H and O–H groups in total. The molecule has 0 saturated carbocycles. The summed E-state index contributed by atoms with van der Waals surface area (Å²) in [5, 5.41) is 27.5. The topological polar surface area (TPSA) is 548 Å². The standard InChI is InChI=1S/C67H73FN13O24P3S/c1-7-37-30-65(2,3)75-50-27-53-47(25-44(37)50)61(48-26-45-41(36-109(94,95)96)31-66(4,5)76-51(45)28-54(48)101-53)46-24-38(15-16-43(46)64(85)86)52(82)14-10-19-74-63(84)39-11-8-13-42(23-39)99-35-58(77-79-70)98-22-21-97-34-57(83)72-18-9-12-40-32-81(62-60(40)49(69)17-20-73-62)59-29-55(103-67(6,68)78-80-71)56(102-59)33-100-107(90,91)105-108(92,93)104-106(87,88)89/h8,11,13,15-17,20,23-28,30-32,55-56,58-59,76H,7,10,14,18-19,21-22,29,33-36H2,1-6H3,(H2,69,73)(H,72,83)(H,74,84)(H,85,86)(H,90,91)(H,92,93)(H2,87,88,89)(H,94,95,96)/t55-,56-,58?,59-,67-/m1/s1. The summed E-state index contributed by atoms with van der Waals surface area (Å²) in [4.78, 5) is 106. The van der Waals surface area contributed by atoms with Gasteiger partial charge in [0.15, 0.2) is 12.0 Å². The van der Waals surface area contributed by atoms with E-state index in [0.717, 1.165) is 18.1 Å². The number of pyridine rings is 1. The molecule has 0 bridgehead atoms. The fraction of sp³-hybridized carbons (Fsp3) is 0.373. The number of benzene rings is 4. The third-order valence-electron chi connectivity index (χ3n) is 16.7. The summed E-state index contributed by atoms with van der Waals surface area (Å²) >= 11 is 0. The molecule has 0 radical (unpaired) electrons. The van der Waals surface area contributed by atoms with E-state index >= 15 is 4.39 Å². The number of ketones is 1. The quantitative estimate of drug-likeness (QED) is 0.00211. The van der Waals surface area contributed by atoms with E-state index < -0.39 is 112 Å². The van der Waals surface area contributed by atoms with E-state index in [-0.39, 0.29) is 108 Å². The summed E-state index contributed by atoms with van der Waals surface area (Å²) in [6.45, 7) is 7.99. The average molecular weight is 1590 g/mol. The highest BCUT2D eigenvalue weighted by atomic mass is 32.2. The summed E-state index contributed by atoms with van der Waals surface area (Å²) in [6.07, 6.45) is 1.49. The molecule has 6 aromatic rings. The van der Waals surface area contributed by atoms with Gasteiger partial charge in [-0.3, -0.25) is 28.5 Å². The maximum atomic E-state index is 15.1. The molecule has 1 fully saturated rings. The van der Waals surface area contributed by atoms with Gasteiger partial charge >= 0.3 is 29.4 Å². The predicted octanol–water partition coefficient (Wildman–Crippen LogP) is 8.93. The number of hydrogen-bond donors (Lipinski definition) is 10. The third kappa shape index (κ3) is 21.2. The highest BCUT2D eigenvalue weighted by Crippen LogP contribution is 2.66. The number of aromatic nitrogens is 2. The molecule has 2 aromatic heterocycles. The van der Waals surface area contributed by atoms with Gasteiger partial charge < -0.3 is 79.4 Å². The molecule has 4 aliphatic rings. The molecule has 3 unspecified atom stereocenters. The molecule has 0 aliphatic carbocycles. The van der Waals surface area contributed by atoms with Crippen LogP contribution in [0.4, 0.5) is 15.8 Å². The number of rotatable bonds is 33. The number of carboxylic acid groups (broad SMARTS) is 1. The summed E-state index contributed by atoms with van der Waals surface area (Å²) in [6, 6.07) is 18.9. The van der Waals surface area contributed by atoms with Crippen molar-refractivity contribution in [1.29, 1.82) is 0 Å². The molecule has 4 aliphatic heterocycles. The second-order valence-electron chi connectivity index (χ2n) is 26.1. The van der Waals surface area contributed by atoms with Crippen molar-refractivity contribution in [1.82, 2.24) is 20.2 Å². The summed E-state index contributed by atoms with van der Waals surface area (Å²) in [5.41, 5.74) is 27.9. The van der Waals surface area contributed by atoms with Crippen LogP contribution in [0.15, 0.2) is 113 Å². The van der Waals surface area contributed by atoms with Crippen LogP contribution in [0.3, 0.4) is 0 Å². The van der Waals surface area contributed by atoms with Gasteiger partial charge in [0, 0.05) is 111 Å². The monoisotopic (exact) mass is 1590 g/mol. The van der Waals surface area contributed by atoms with Crippen LogP contribution in [0.2, 0.25) is 0 Å². The van der Waals surface area contributed by atoms with Crippen LogP contribution in [0, 0.1) is 11.8 Å². The minimum atomic E-state index is -5.92. The summed E-state index contributed by atoms with van der Waals surface area (Å²) in [5.74, 6) is -0.0413. The van der Waals surface area contributed by atoms with E-state index in [1.54, 1.807) is 36.4 Å². The number of allylic oxidation sites excluding steroid dienone is 1. The van der Waals surface area contributed by atoms with Crippen molar-refractivity contribution in [2.75, 3.05) is 62.9 Å². The van der Waals surface area contributed by atoms with Crippen molar-refractivity contribution >= 4 is 96.3 Å². The normalized spacial score (nSPS) is 18.6. The number of hydrogen-bond acceptors (Lipinski definition) is 24. The van der Waals surface area contributed by atoms with Gasteiger partial charge in [-0.25, -0.2) is 27.9 Å². The lowest BCUT2D eigenvalue weighted by molar-refractivity contribution is -0.178. The number of nitrogens with one attached hydrogen (secondary N) is 3. The number of ether oxygens (including phenoxy) is 6. The Hall–Kier alpha value is -9.73. The highest BCUT2D eigenvalue weighted by molar-refractivity contribution is 7.86. The Morgan fingerprint density at radius 1 is 0.927 bits per heavy atom. The van der Waals surface area contributed by atoms with Crippen molar-refractivity contribution in [3.63, 3.8) is 0 Å². The van der Waals surface area contributed by atoms with E-state index in [2.05, 4.69) is 67.5 Å². The number of nitrogen functional groups attached to an aromatic ring is 1. The SMILES string of the molecule is CCC1=CC(C)(C)N=c2cc3c(cc21)=C(c1cc(C(=O)CCCNC(=O)c2cccc(OCC(N=[N+]=[N-])OCCOCC(=O)NCC#Cc4cn([C@H]5C[C@@H](O[C@](C)(F)N=[N+]=[N-])[C@@H](COP(=O)(O)OP(=O)(O)OP(=O)(O)O)O5)c5nccc(N)c45)c2)ccc1C(=O)O)c1cc2c(cc1O3)NC(C)(C)C=C2CS(=O)(=O)O. The van der Waals surface area contributed by atoms with Crippen molar-refractivity contribution in [3.05, 3.63) is 173 Å². The van der Waals surface area contributed by atoms with E-state index in [4.69, 9.17) is 59.0 Å². The molecule has 7 atom stereocenters. The Morgan fingerprint density at radius 2 is 1.70 bits per heavy atom. The smallest absolute Gasteiger partial charge is 0.490 e. The van der Waals surface area contributed by atoms with E-state index in [1.807, 2.05) is 40.7 Å². The van der Waals surface area contributed by atoms with Crippen molar-refractivity contribution in [3.8, 4) is 29.1 Å². The highest BCUT2D eigenvalue weighted by Gasteiger charge is 2.46. The zero-order valence-electron chi connectivity index (χ0n) is 58.8. The van der Waals surface area contributed by atoms with Gasteiger partial charge in [0.2, 0.25) is 5.91 Å². The molecule has 578 valence electrons. The number of azide groups is 2. The molecule has 37 nitrogen and oxygen atoms in total. The number of nitrogens with two attached hydrogens (primary N) is 1. The number of phosphoric acid groups is 3. The number of alkyl halides is 1. The zero-order valence-corrected chi connectivity index (χ0v) is 62.3. The first-order valence-electron chi connectivity index (χ1n) is 33.1. The van der Waals surface area contributed by atoms with Crippen LogP contribution < -0.4 is 41.7 Å². The largest absolute Gasteiger partial charge is 0.491 e. The molecule has 109 heavy (non-hydrogen) atoms. The minimum Gasteiger partial charge on any atom is -0.491 e. The fourth-order valence-electron chi connectivity index (χ4n) is 12.5. The molecular formula is C67H73FN13O24P3S. The number of carbonyl (C=O) groups is 4. The van der Waals surface area contributed by atoms with Crippen molar-refractivity contribution < 1.29 is 116 Å². The number of carbonyl (C=O) groups excluding carboxylic acids is 3. The van der Waals surface area contributed by atoms with E-state index in [0.29, 0.717) is 56.5 Å². The number of carboxylic acids is 1. The van der Waals surface area contributed by atoms with Crippen LogP contribution in [-0.4, -0.2) is 158 Å². The molecule has 4 aromatic carbocycles. The number of anilines is 2. The molecule has 1 saturated heterocycles. The van der Waals surface area contributed by atoms with Crippen LogP contribution >= 0.6 is 23.5 Å². The maximum Gasteiger partial charge on any atom is 0.490 e. The zero-order chi connectivity index (χ0) is 79.2. The van der Waals surface area contributed by atoms with E-state index in [1.165, 1.54) is 53.4 Å². The van der Waals surface area contributed by atoms with Crippen molar-refractivity contribution in [2.24, 2.45) is 15.2 Å². The van der Waals surface area contributed by atoms with E-state index in [9.17, 15) is 66.3 Å². The first-order valence-corrected chi connectivity index (χ1v) is 39.2. The van der Waals surface area contributed by atoms with Gasteiger partial charge in [-0.1, -0.05) is 48.2 Å². The second kappa shape index (κ2) is 33.2. The number of amides is 2. The Labute approximate surface area is 619 Å². The number of fused-ring (bicyclic) bond motifs is 5. The summed E-state index contributed by atoms with van der Waals surface area (Å²) in [7, 11) is -21.9. The Balaban J connectivity index is 0.717. The molecule has 6 heterocycles. The number of Topliss-reactive ketones (excluding diaryl/α,β-unsaturated/α-hetero) is 1.